The molecule has 0 aliphatic carbocycles. The van der Waals surface area contributed by atoms with Crippen molar-refractivity contribution >= 4 is 6.41 Å². The van der Waals surface area contributed by atoms with E-state index < -0.39 is 0 Å². The van der Waals surface area contributed by atoms with Crippen LogP contribution in [0.25, 0.3) is 0 Å². The normalized spacial score (nSPS) is 29.7. The second-order valence-electron chi connectivity index (χ2n) is 6.31. The van der Waals surface area contributed by atoms with Crippen molar-refractivity contribution in [3.8, 4) is 0 Å². The number of carbonyl (C=O) groups excluding carboxylic acids is 1. The monoisotopic (exact) mass is 268 g/mol. The van der Waals surface area contributed by atoms with Gasteiger partial charge in [-0.3, -0.25) is 4.79 Å². The van der Waals surface area contributed by atoms with Crippen LogP contribution in [0.15, 0.2) is 0 Å². The fourth-order valence-corrected chi connectivity index (χ4v) is 3.35. The molecule has 19 heavy (non-hydrogen) atoms. The largest absolute Gasteiger partial charge is 0.378 e. The summed E-state index contributed by atoms with van der Waals surface area (Å²) in [4.78, 5) is 12.6. The van der Waals surface area contributed by atoms with Gasteiger partial charge in [-0.1, -0.05) is 13.8 Å². The summed E-state index contributed by atoms with van der Waals surface area (Å²) in [6.45, 7) is 8.30. The summed E-state index contributed by atoms with van der Waals surface area (Å²) in [5, 5.41) is 3.70. The van der Waals surface area contributed by atoms with Gasteiger partial charge < -0.3 is 15.0 Å². The van der Waals surface area contributed by atoms with E-state index in [0.717, 1.165) is 45.5 Å². The van der Waals surface area contributed by atoms with Gasteiger partial charge in [0, 0.05) is 32.3 Å². The Kier molecular flexibility index (Phi) is 5.64. The zero-order chi connectivity index (χ0) is 13.7. The zero-order valence-electron chi connectivity index (χ0n) is 12.3. The highest BCUT2D eigenvalue weighted by molar-refractivity contribution is 5.47. The van der Waals surface area contributed by atoms with Crippen LogP contribution in [0.1, 0.15) is 39.5 Å². The number of ether oxygens (including phenoxy) is 1. The standard InChI is InChI=1S/C15H28N2O2/c1-12(2)15-13(4-3-9-19-15)10-16-14-5-7-17(11-18)8-6-14/h11-16H,3-10H2,1-2H3/t13-,15-/m1/s1. The fourth-order valence-electron chi connectivity index (χ4n) is 3.35. The van der Waals surface area contributed by atoms with Crippen LogP contribution in [0, 0.1) is 11.8 Å². The Morgan fingerprint density at radius 3 is 2.68 bits per heavy atom. The number of rotatable bonds is 5. The Hall–Kier alpha value is -0.610. The predicted molar refractivity (Wildman–Crippen MR) is 76.0 cm³/mol. The lowest BCUT2D eigenvalue weighted by atomic mass is 9.87. The lowest BCUT2D eigenvalue weighted by Gasteiger charge is -2.36. The van der Waals surface area contributed by atoms with Crippen molar-refractivity contribution in [2.75, 3.05) is 26.2 Å². The maximum atomic E-state index is 10.7. The third-order valence-electron chi connectivity index (χ3n) is 4.50. The van der Waals surface area contributed by atoms with E-state index in [2.05, 4.69) is 19.2 Å². The van der Waals surface area contributed by atoms with Crippen molar-refractivity contribution in [2.24, 2.45) is 11.8 Å². The quantitative estimate of drug-likeness (QED) is 0.771. The molecule has 0 spiro atoms. The number of piperidine rings is 1. The van der Waals surface area contributed by atoms with E-state index in [1.54, 1.807) is 0 Å². The Bertz CT molecular complexity index is 275. The highest BCUT2D eigenvalue weighted by Crippen LogP contribution is 2.26. The van der Waals surface area contributed by atoms with Gasteiger partial charge in [-0.2, -0.15) is 0 Å². The number of nitrogens with zero attached hydrogens (tertiary/aromatic N) is 1. The highest BCUT2D eigenvalue weighted by atomic mass is 16.5. The van der Waals surface area contributed by atoms with E-state index in [1.165, 1.54) is 12.8 Å². The van der Waals surface area contributed by atoms with Gasteiger partial charge in [-0.25, -0.2) is 0 Å². The number of hydrogen-bond donors (Lipinski definition) is 1. The summed E-state index contributed by atoms with van der Waals surface area (Å²) < 4.78 is 5.93. The molecule has 2 heterocycles. The van der Waals surface area contributed by atoms with E-state index in [9.17, 15) is 4.79 Å². The van der Waals surface area contributed by atoms with E-state index >= 15 is 0 Å². The zero-order valence-corrected chi connectivity index (χ0v) is 12.3. The van der Waals surface area contributed by atoms with Crippen molar-refractivity contribution < 1.29 is 9.53 Å². The van der Waals surface area contributed by atoms with Gasteiger partial charge in [0.2, 0.25) is 6.41 Å². The molecular formula is C15H28N2O2. The van der Waals surface area contributed by atoms with Crippen molar-refractivity contribution in [1.29, 1.82) is 0 Å². The van der Waals surface area contributed by atoms with Crippen LogP contribution in [0.3, 0.4) is 0 Å². The molecule has 4 heteroatoms. The van der Waals surface area contributed by atoms with Gasteiger partial charge in [0.25, 0.3) is 0 Å². The molecular weight excluding hydrogens is 240 g/mol. The molecule has 2 rings (SSSR count). The summed E-state index contributed by atoms with van der Waals surface area (Å²) in [5.74, 6) is 1.25. The number of hydrogen-bond acceptors (Lipinski definition) is 3. The van der Waals surface area contributed by atoms with E-state index in [-0.39, 0.29) is 0 Å². The summed E-state index contributed by atoms with van der Waals surface area (Å²) in [6, 6.07) is 0.575. The Morgan fingerprint density at radius 1 is 1.32 bits per heavy atom. The number of nitrogens with one attached hydrogen (secondary N) is 1. The van der Waals surface area contributed by atoms with E-state index in [4.69, 9.17) is 4.74 Å². The second kappa shape index (κ2) is 7.25. The van der Waals surface area contributed by atoms with Crippen LogP contribution in [0.4, 0.5) is 0 Å². The molecule has 0 bridgehead atoms. The molecule has 4 nitrogen and oxygen atoms in total. The molecule has 2 atom stereocenters. The predicted octanol–water partition coefficient (Wildman–Crippen LogP) is 1.65. The molecule has 0 aromatic heterocycles. The molecule has 0 saturated carbocycles. The number of likely N-dealkylation sites (tertiary alicyclic amines) is 1. The summed E-state index contributed by atoms with van der Waals surface area (Å²) in [6.07, 6.45) is 6.02. The molecule has 0 unspecified atom stereocenters. The third kappa shape index (κ3) is 4.18. The third-order valence-corrected chi connectivity index (χ3v) is 4.50. The Balaban J connectivity index is 1.73. The van der Waals surface area contributed by atoms with Crippen LogP contribution in [-0.2, 0) is 9.53 Å². The summed E-state index contributed by atoms with van der Waals surface area (Å²) >= 11 is 0. The minimum absolute atomic E-state index is 0.413. The maximum absolute atomic E-state index is 10.7. The van der Waals surface area contributed by atoms with Crippen LogP contribution in [0.5, 0.6) is 0 Å². The van der Waals surface area contributed by atoms with Crippen LogP contribution >= 0.6 is 0 Å². The minimum atomic E-state index is 0.413. The highest BCUT2D eigenvalue weighted by Gasteiger charge is 2.29. The summed E-state index contributed by atoms with van der Waals surface area (Å²) in [5.41, 5.74) is 0. The van der Waals surface area contributed by atoms with Crippen LogP contribution < -0.4 is 5.32 Å². The second-order valence-corrected chi connectivity index (χ2v) is 6.31. The van der Waals surface area contributed by atoms with Crippen molar-refractivity contribution in [3.05, 3.63) is 0 Å². The van der Waals surface area contributed by atoms with Gasteiger partial charge >= 0.3 is 0 Å². The molecule has 2 aliphatic heterocycles. The molecule has 2 aliphatic rings. The molecule has 1 N–H and O–H groups in total. The first-order chi connectivity index (χ1) is 9.20. The van der Waals surface area contributed by atoms with E-state index in [1.807, 2.05) is 4.90 Å². The lowest BCUT2D eigenvalue weighted by molar-refractivity contribution is -0.119. The molecule has 2 saturated heterocycles. The number of amides is 1. The molecule has 110 valence electrons. The average Bonchev–Trinajstić information content (AvgIpc) is 2.46. The van der Waals surface area contributed by atoms with Gasteiger partial charge in [0.1, 0.15) is 0 Å². The molecule has 0 aromatic rings. The van der Waals surface area contributed by atoms with Gasteiger partial charge in [-0.15, -0.1) is 0 Å². The first-order valence-corrected chi connectivity index (χ1v) is 7.75. The van der Waals surface area contributed by atoms with Crippen LogP contribution in [-0.4, -0.2) is 49.7 Å². The van der Waals surface area contributed by atoms with Gasteiger partial charge in [-0.05, 0) is 37.5 Å². The summed E-state index contributed by atoms with van der Waals surface area (Å²) in [7, 11) is 0. The van der Waals surface area contributed by atoms with Crippen LogP contribution in [0.2, 0.25) is 0 Å². The van der Waals surface area contributed by atoms with Crippen molar-refractivity contribution in [2.45, 2.75) is 51.7 Å². The Labute approximate surface area is 116 Å². The van der Waals surface area contributed by atoms with E-state index in [0.29, 0.717) is 24.0 Å². The molecule has 2 fully saturated rings. The topological polar surface area (TPSA) is 41.6 Å². The Morgan fingerprint density at radius 2 is 2.05 bits per heavy atom. The van der Waals surface area contributed by atoms with Gasteiger partial charge in [0.15, 0.2) is 0 Å². The number of carbonyl (C=O) groups is 1. The first-order valence-electron chi connectivity index (χ1n) is 7.75. The van der Waals surface area contributed by atoms with Crippen molar-refractivity contribution in [1.82, 2.24) is 10.2 Å². The fraction of sp³-hybridized carbons (Fsp3) is 0.933. The molecule has 0 aromatic carbocycles. The smallest absolute Gasteiger partial charge is 0.209 e. The minimum Gasteiger partial charge on any atom is -0.378 e. The van der Waals surface area contributed by atoms with Crippen molar-refractivity contribution in [3.63, 3.8) is 0 Å². The lowest BCUT2D eigenvalue weighted by Crippen LogP contribution is -2.46. The molecule has 0 radical (unpaired) electrons. The average molecular weight is 268 g/mol. The SMILES string of the molecule is CC(C)[C@H]1OCCC[C@@H]1CNC1CCN(C=O)CC1. The molecule has 1 amide bonds. The van der Waals surface area contributed by atoms with Gasteiger partial charge in [0.05, 0.1) is 6.10 Å². The first kappa shape index (κ1) is 14.8. The maximum Gasteiger partial charge on any atom is 0.209 e.